The third-order valence-electron chi connectivity index (χ3n) is 11.1. The van der Waals surface area contributed by atoms with Gasteiger partial charge in [0.15, 0.2) is 5.69 Å². The minimum Gasteiger partial charge on any atom is -0.309 e. The summed E-state index contributed by atoms with van der Waals surface area (Å²) in [6.45, 7) is 8.05. The van der Waals surface area contributed by atoms with Crippen molar-refractivity contribution in [1.82, 2.24) is 13.7 Å². The van der Waals surface area contributed by atoms with Crippen LogP contribution < -0.4 is 0 Å². The summed E-state index contributed by atoms with van der Waals surface area (Å²) in [5, 5.41) is 17.7. The molecule has 3 heterocycles. The van der Waals surface area contributed by atoms with E-state index in [0.29, 0.717) is 11.3 Å². The van der Waals surface area contributed by atoms with Gasteiger partial charge in [-0.25, -0.2) is 4.85 Å². The number of aromatic nitrogens is 3. The molecular formula is C50H29N5. The minimum absolute atomic E-state index is 0.417. The number of nitrogens with zero attached hydrogens (tertiary/aromatic N) is 5. The molecule has 0 unspecified atom stereocenters. The molecule has 0 aliphatic rings. The lowest BCUT2D eigenvalue weighted by molar-refractivity contribution is 1.09. The second-order valence-corrected chi connectivity index (χ2v) is 13.9. The lowest BCUT2D eigenvalue weighted by Crippen LogP contribution is -2.06. The van der Waals surface area contributed by atoms with Crippen LogP contribution in [0, 0.1) is 17.9 Å². The molecule has 0 aliphatic heterocycles. The van der Waals surface area contributed by atoms with Crippen LogP contribution in [0.15, 0.2) is 176 Å². The highest BCUT2D eigenvalue weighted by molar-refractivity contribution is 6.18. The van der Waals surface area contributed by atoms with Crippen molar-refractivity contribution < 1.29 is 0 Å². The number of nitriles is 1. The van der Waals surface area contributed by atoms with Gasteiger partial charge < -0.3 is 13.7 Å². The smallest absolute Gasteiger partial charge is 0.190 e. The molecule has 0 amide bonds. The first-order valence-corrected chi connectivity index (χ1v) is 18.3. The fourth-order valence-electron chi connectivity index (χ4n) is 8.84. The predicted octanol–water partition coefficient (Wildman–Crippen LogP) is 13.1. The van der Waals surface area contributed by atoms with Crippen molar-refractivity contribution in [3.05, 3.63) is 193 Å². The number of fused-ring (bicyclic) bond motifs is 9. The standard InChI is InChI=1S/C50H29N5/c1-52-34-28-33(31-51)50(48(30-34)54-43-22-10-6-16-37(43)38-17-7-11-23-44(38)54)55-45-24-12-8-19-41(45)49-36(20-13-25-46(49)55)32-26-27-40-39-18-5-9-21-42(39)53(47(40)29-32)35-14-3-2-4-15-35/h2-30H. The molecule has 5 nitrogen and oxygen atoms in total. The largest absolute Gasteiger partial charge is 0.309 e. The molecule has 0 aliphatic carbocycles. The number of para-hydroxylation sites is 5. The van der Waals surface area contributed by atoms with Crippen molar-refractivity contribution in [3.63, 3.8) is 0 Å². The van der Waals surface area contributed by atoms with Gasteiger partial charge in [-0.15, -0.1) is 0 Å². The molecule has 11 aromatic rings. The first-order valence-electron chi connectivity index (χ1n) is 18.3. The van der Waals surface area contributed by atoms with Crippen LogP contribution >= 0.6 is 0 Å². The summed E-state index contributed by atoms with van der Waals surface area (Å²) in [6.07, 6.45) is 0. The Labute approximate surface area is 316 Å². The lowest BCUT2D eigenvalue weighted by atomic mass is 9.98. The van der Waals surface area contributed by atoms with Crippen molar-refractivity contribution in [2.45, 2.75) is 0 Å². The van der Waals surface area contributed by atoms with E-state index in [0.717, 1.165) is 77.3 Å². The monoisotopic (exact) mass is 699 g/mol. The SMILES string of the molecule is [C-]#[N+]c1cc(C#N)c(-n2c3ccccc3c3c(-c4ccc5c6ccccc6n(-c6ccccc6)c5c4)cccc32)c(-n2c3ccccc3c3ccccc32)c1. The van der Waals surface area contributed by atoms with E-state index in [1.807, 2.05) is 18.2 Å². The molecule has 0 saturated heterocycles. The van der Waals surface area contributed by atoms with Crippen LogP contribution in [0.4, 0.5) is 5.69 Å². The Balaban J connectivity index is 1.24. The van der Waals surface area contributed by atoms with E-state index < -0.39 is 0 Å². The maximum absolute atomic E-state index is 10.9. The van der Waals surface area contributed by atoms with Crippen LogP contribution in [0.1, 0.15) is 5.56 Å². The normalized spacial score (nSPS) is 11.6. The summed E-state index contributed by atoms with van der Waals surface area (Å²) in [4.78, 5) is 3.85. The molecule has 0 spiro atoms. The van der Waals surface area contributed by atoms with Crippen LogP contribution in [-0.2, 0) is 0 Å². The van der Waals surface area contributed by atoms with Crippen molar-refractivity contribution in [2.24, 2.45) is 0 Å². The van der Waals surface area contributed by atoms with Crippen molar-refractivity contribution in [1.29, 1.82) is 5.26 Å². The molecule has 8 aromatic carbocycles. The average molecular weight is 700 g/mol. The van der Waals surface area contributed by atoms with E-state index in [1.165, 1.54) is 16.3 Å². The highest BCUT2D eigenvalue weighted by atomic mass is 15.1. The zero-order chi connectivity index (χ0) is 36.6. The molecular weight excluding hydrogens is 671 g/mol. The molecule has 0 N–H and O–H groups in total. The molecule has 0 atom stereocenters. The third-order valence-corrected chi connectivity index (χ3v) is 11.1. The van der Waals surface area contributed by atoms with E-state index in [4.69, 9.17) is 6.57 Å². The highest BCUT2D eigenvalue weighted by Gasteiger charge is 2.24. The van der Waals surface area contributed by atoms with Gasteiger partial charge in [-0.05, 0) is 71.8 Å². The second-order valence-electron chi connectivity index (χ2n) is 13.9. The van der Waals surface area contributed by atoms with Gasteiger partial charge in [0.1, 0.15) is 6.07 Å². The van der Waals surface area contributed by atoms with E-state index in [2.05, 4.69) is 176 Å². The Morgan fingerprint density at radius 3 is 1.64 bits per heavy atom. The average Bonchev–Trinajstić information content (AvgIpc) is 3.89. The van der Waals surface area contributed by atoms with Crippen LogP contribution in [0.5, 0.6) is 0 Å². The van der Waals surface area contributed by atoms with E-state index in [9.17, 15) is 5.26 Å². The number of hydrogen-bond acceptors (Lipinski definition) is 1. The quantitative estimate of drug-likeness (QED) is 0.169. The summed E-state index contributed by atoms with van der Waals surface area (Å²) in [5.41, 5.74) is 12.0. The van der Waals surface area contributed by atoms with Gasteiger partial charge >= 0.3 is 0 Å². The Bertz CT molecular complexity index is 3400. The summed E-state index contributed by atoms with van der Waals surface area (Å²) in [5.74, 6) is 0. The van der Waals surface area contributed by atoms with Gasteiger partial charge in [-0.3, -0.25) is 0 Å². The van der Waals surface area contributed by atoms with Crippen LogP contribution in [0.25, 0.3) is 98.5 Å². The molecule has 0 bridgehead atoms. The number of rotatable bonds is 4. The summed E-state index contributed by atoms with van der Waals surface area (Å²) >= 11 is 0. The number of benzene rings is 8. The zero-order valence-electron chi connectivity index (χ0n) is 29.5. The van der Waals surface area contributed by atoms with Crippen LogP contribution in [0.3, 0.4) is 0 Å². The lowest BCUT2D eigenvalue weighted by Gasteiger charge is -2.19. The van der Waals surface area contributed by atoms with Gasteiger partial charge in [0.25, 0.3) is 0 Å². The van der Waals surface area contributed by atoms with Crippen molar-refractivity contribution >= 4 is 71.1 Å². The van der Waals surface area contributed by atoms with Crippen LogP contribution in [-0.4, -0.2) is 13.7 Å². The van der Waals surface area contributed by atoms with Crippen LogP contribution in [0.2, 0.25) is 0 Å². The number of hydrogen-bond donors (Lipinski definition) is 0. The topological polar surface area (TPSA) is 42.9 Å². The highest BCUT2D eigenvalue weighted by Crippen LogP contribution is 2.44. The van der Waals surface area contributed by atoms with E-state index >= 15 is 0 Å². The fourth-order valence-corrected chi connectivity index (χ4v) is 8.84. The summed E-state index contributed by atoms with van der Waals surface area (Å²) in [6, 6.07) is 63.7. The molecule has 0 fully saturated rings. The summed E-state index contributed by atoms with van der Waals surface area (Å²) in [7, 11) is 0. The van der Waals surface area contributed by atoms with Crippen molar-refractivity contribution in [2.75, 3.05) is 0 Å². The Morgan fingerprint density at radius 1 is 0.455 bits per heavy atom. The van der Waals surface area contributed by atoms with E-state index in [-0.39, 0.29) is 0 Å². The van der Waals surface area contributed by atoms with Gasteiger partial charge in [-0.1, -0.05) is 115 Å². The molecule has 55 heavy (non-hydrogen) atoms. The molecule has 5 heteroatoms. The maximum Gasteiger partial charge on any atom is 0.190 e. The first-order chi connectivity index (χ1) is 27.2. The Morgan fingerprint density at radius 2 is 1.00 bits per heavy atom. The summed E-state index contributed by atoms with van der Waals surface area (Å²) < 4.78 is 6.81. The fraction of sp³-hybridized carbons (Fsp3) is 0. The molecule has 0 radical (unpaired) electrons. The predicted molar refractivity (Wildman–Crippen MR) is 226 cm³/mol. The first kappa shape index (κ1) is 30.7. The van der Waals surface area contributed by atoms with Crippen molar-refractivity contribution in [3.8, 4) is 34.3 Å². The second kappa shape index (κ2) is 11.8. The van der Waals surface area contributed by atoms with E-state index in [1.54, 1.807) is 6.07 Å². The molecule has 0 saturated carbocycles. The molecule has 3 aromatic heterocycles. The molecule has 11 rings (SSSR count). The van der Waals surface area contributed by atoms with Gasteiger partial charge in [-0.2, -0.15) is 5.26 Å². The zero-order valence-corrected chi connectivity index (χ0v) is 29.5. The van der Waals surface area contributed by atoms with Gasteiger partial charge in [0.2, 0.25) is 0 Å². The molecule has 254 valence electrons. The third kappa shape index (κ3) is 4.39. The van der Waals surface area contributed by atoms with Gasteiger partial charge in [0.05, 0.1) is 56.6 Å². The van der Waals surface area contributed by atoms with Gasteiger partial charge in [0, 0.05) is 38.0 Å². The Hall–Kier alpha value is -7.86. The minimum atomic E-state index is 0.417. The Kier molecular flexibility index (Phi) is 6.61. The maximum atomic E-state index is 10.9.